The molecule has 0 heterocycles. The Morgan fingerprint density at radius 2 is 2.14 bits per heavy atom. The van der Waals surface area contributed by atoms with Gasteiger partial charge >= 0.3 is 0 Å². The molecule has 0 spiro atoms. The zero-order chi connectivity index (χ0) is 10.7. The Hall–Kier alpha value is -0.700. The summed E-state index contributed by atoms with van der Waals surface area (Å²) in [5.41, 5.74) is 0.429. The van der Waals surface area contributed by atoms with Crippen LogP contribution in [0, 0.1) is 11.7 Å². The van der Waals surface area contributed by atoms with Crippen LogP contribution in [0.2, 0.25) is 0 Å². The molecule has 0 saturated heterocycles. The van der Waals surface area contributed by atoms with Gasteiger partial charge in [0.15, 0.2) is 5.78 Å². The molecule has 0 aromatic heterocycles. The average molecular weight is 259 g/mol. The van der Waals surface area contributed by atoms with Crippen molar-refractivity contribution in [1.82, 2.24) is 0 Å². The molecule has 1 rings (SSSR count). The maximum absolute atomic E-state index is 12.9. The minimum absolute atomic E-state index is 0.0219. The third kappa shape index (κ3) is 2.91. The smallest absolute Gasteiger partial charge is 0.164 e. The van der Waals surface area contributed by atoms with Crippen molar-refractivity contribution in [2.24, 2.45) is 5.92 Å². The minimum Gasteiger partial charge on any atom is -0.294 e. The van der Waals surface area contributed by atoms with Gasteiger partial charge in [0.25, 0.3) is 0 Å². The van der Waals surface area contributed by atoms with Crippen molar-refractivity contribution in [3.05, 3.63) is 34.1 Å². The van der Waals surface area contributed by atoms with E-state index in [0.717, 1.165) is 0 Å². The van der Waals surface area contributed by atoms with Crippen molar-refractivity contribution in [1.29, 1.82) is 0 Å². The molecule has 0 bridgehead atoms. The fourth-order valence-corrected chi connectivity index (χ4v) is 1.66. The van der Waals surface area contributed by atoms with E-state index in [1.54, 1.807) is 6.07 Å². The number of rotatable bonds is 3. The average Bonchev–Trinajstić information content (AvgIpc) is 2.08. The summed E-state index contributed by atoms with van der Waals surface area (Å²) >= 11 is 3.23. The van der Waals surface area contributed by atoms with Crippen LogP contribution in [0.15, 0.2) is 22.7 Å². The molecule has 0 N–H and O–H groups in total. The molecule has 0 aliphatic carbocycles. The summed E-state index contributed by atoms with van der Waals surface area (Å²) in [4.78, 5) is 11.6. The molecule has 1 nitrogen and oxygen atoms in total. The van der Waals surface area contributed by atoms with Crippen molar-refractivity contribution in [2.75, 3.05) is 0 Å². The van der Waals surface area contributed by atoms with Gasteiger partial charge in [-0.2, -0.15) is 0 Å². The first-order chi connectivity index (χ1) is 6.50. The molecule has 0 radical (unpaired) electrons. The molecular formula is C11H12BrFO. The van der Waals surface area contributed by atoms with Crippen LogP contribution in [0.1, 0.15) is 30.6 Å². The summed E-state index contributed by atoms with van der Waals surface area (Å²) in [5.74, 6) is -0.107. The lowest BCUT2D eigenvalue weighted by atomic mass is 10.0. The third-order valence-electron chi connectivity index (χ3n) is 1.82. The van der Waals surface area contributed by atoms with Gasteiger partial charge in [0.05, 0.1) is 0 Å². The molecule has 1 aromatic rings. The number of carbonyl (C=O) groups is 1. The van der Waals surface area contributed by atoms with Crippen LogP contribution in [-0.4, -0.2) is 5.78 Å². The van der Waals surface area contributed by atoms with Gasteiger partial charge in [-0.3, -0.25) is 4.79 Å². The van der Waals surface area contributed by atoms with Gasteiger partial charge in [0.1, 0.15) is 5.82 Å². The molecule has 0 aliphatic rings. The van der Waals surface area contributed by atoms with Gasteiger partial charge in [0, 0.05) is 16.5 Å². The molecule has 0 fully saturated rings. The van der Waals surface area contributed by atoms with Crippen LogP contribution < -0.4 is 0 Å². The highest BCUT2D eigenvalue weighted by Crippen LogP contribution is 2.20. The normalized spacial score (nSPS) is 10.6. The van der Waals surface area contributed by atoms with E-state index in [9.17, 15) is 9.18 Å². The van der Waals surface area contributed by atoms with E-state index in [1.165, 1.54) is 12.1 Å². The lowest BCUT2D eigenvalue weighted by molar-refractivity contribution is 0.0966. The van der Waals surface area contributed by atoms with Gasteiger partial charge in [-0.15, -0.1) is 0 Å². The molecule has 0 aliphatic heterocycles. The predicted molar refractivity (Wildman–Crippen MR) is 57.9 cm³/mol. The largest absolute Gasteiger partial charge is 0.294 e. The number of benzene rings is 1. The monoisotopic (exact) mass is 258 g/mol. The lowest BCUT2D eigenvalue weighted by Gasteiger charge is -2.05. The topological polar surface area (TPSA) is 17.1 Å². The van der Waals surface area contributed by atoms with E-state index in [-0.39, 0.29) is 17.5 Å². The number of hydrogen-bond acceptors (Lipinski definition) is 1. The van der Waals surface area contributed by atoms with Crippen molar-refractivity contribution in [2.45, 2.75) is 20.3 Å². The number of ketones is 1. The fourth-order valence-electron chi connectivity index (χ4n) is 1.19. The highest BCUT2D eigenvalue weighted by atomic mass is 79.9. The third-order valence-corrected chi connectivity index (χ3v) is 2.51. The molecule has 1 aromatic carbocycles. The van der Waals surface area contributed by atoms with Crippen molar-refractivity contribution in [3.63, 3.8) is 0 Å². The van der Waals surface area contributed by atoms with E-state index in [2.05, 4.69) is 15.9 Å². The Balaban J connectivity index is 2.94. The Kier molecular flexibility index (Phi) is 3.81. The van der Waals surface area contributed by atoms with Crippen molar-refractivity contribution >= 4 is 21.7 Å². The Labute approximate surface area is 91.5 Å². The van der Waals surface area contributed by atoms with Gasteiger partial charge in [-0.1, -0.05) is 29.8 Å². The zero-order valence-corrected chi connectivity index (χ0v) is 9.77. The highest BCUT2D eigenvalue weighted by molar-refractivity contribution is 9.10. The lowest BCUT2D eigenvalue weighted by Crippen LogP contribution is -2.04. The van der Waals surface area contributed by atoms with E-state index in [4.69, 9.17) is 0 Å². The van der Waals surface area contributed by atoms with Crippen LogP contribution in [0.3, 0.4) is 0 Å². The molecule has 0 unspecified atom stereocenters. The second-order valence-electron chi connectivity index (χ2n) is 3.65. The maximum Gasteiger partial charge on any atom is 0.164 e. The summed E-state index contributed by atoms with van der Waals surface area (Å²) in [6, 6.07) is 4.16. The number of hydrogen-bond donors (Lipinski definition) is 0. The molecule has 0 saturated carbocycles. The molecule has 14 heavy (non-hydrogen) atoms. The van der Waals surface area contributed by atoms with E-state index >= 15 is 0 Å². The van der Waals surface area contributed by atoms with E-state index in [1.807, 2.05) is 13.8 Å². The van der Waals surface area contributed by atoms with Gasteiger partial charge < -0.3 is 0 Å². The Bertz CT molecular complexity index is 347. The summed E-state index contributed by atoms with van der Waals surface area (Å²) in [7, 11) is 0. The van der Waals surface area contributed by atoms with E-state index < -0.39 is 0 Å². The minimum atomic E-state index is -0.375. The SMILES string of the molecule is CC(C)CC(=O)c1cc(F)ccc1Br. The first-order valence-corrected chi connectivity index (χ1v) is 5.28. The predicted octanol–water partition coefficient (Wildman–Crippen LogP) is 3.82. The number of halogens is 2. The van der Waals surface area contributed by atoms with Crippen LogP contribution >= 0.6 is 15.9 Å². The second kappa shape index (κ2) is 4.69. The van der Waals surface area contributed by atoms with Crippen LogP contribution in [-0.2, 0) is 0 Å². The summed E-state index contributed by atoms with van der Waals surface area (Å²) in [5, 5.41) is 0. The summed E-state index contributed by atoms with van der Waals surface area (Å²) in [6.07, 6.45) is 0.446. The first kappa shape index (κ1) is 11.4. The molecule has 0 amide bonds. The molecular weight excluding hydrogens is 247 g/mol. The zero-order valence-electron chi connectivity index (χ0n) is 8.18. The second-order valence-corrected chi connectivity index (χ2v) is 4.50. The van der Waals surface area contributed by atoms with Crippen LogP contribution in [0.25, 0.3) is 0 Å². The van der Waals surface area contributed by atoms with Gasteiger partial charge in [0.2, 0.25) is 0 Å². The van der Waals surface area contributed by atoms with Crippen molar-refractivity contribution < 1.29 is 9.18 Å². The summed E-state index contributed by atoms with van der Waals surface area (Å²) in [6.45, 7) is 3.93. The molecule has 3 heteroatoms. The summed E-state index contributed by atoms with van der Waals surface area (Å²) < 4.78 is 13.5. The van der Waals surface area contributed by atoms with Gasteiger partial charge in [-0.25, -0.2) is 4.39 Å². The van der Waals surface area contributed by atoms with E-state index in [0.29, 0.717) is 16.5 Å². The highest BCUT2D eigenvalue weighted by Gasteiger charge is 2.12. The van der Waals surface area contributed by atoms with Crippen molar-refractivity contribution in [3.8, 4) is 0 Å². The number of carbonyl (C=O) groups excluding carboxylic acids is 1. The first-order valence-electron chi connectivity index (χ1n) is 4.49. The number of Topliss-reactive ketones (excluding diaryl/α,β-unsaturated/α-hetero) is 1. The van der Waals surface area contributed by atoms with Crippen LogP contribution in [0.5, 0.6) is 0 Å². The molecule has 76 valence electrons. The fraction of sp³-hybridized carbons (Fsp3) is 0.364. The standard InChI is InChI=1S/C11H12BrFO/c1-7(2)5-11(14)9-6-8(13)3-4-10(9)12/h3-4,6-7H,5H2,1-2H3. The molecule has 0 atom stereocenters. The quantitative estimate of drug-likeness (QED) is 0.754. The van der Waals surface area contributed by atoms with Gasteiger partial charge in [-0.05, 0) is 24.1 Å². The Morgan fingerprint density at radius 1 is 1.50 bits per heavy atom. The maximum atomic E-state index is 12.9. The Morgan fingerprint density at radius 3 is 2.71 bits per heavy atom. The van der Waals surface area contributed by atoms with Crippen LogP contribution in [0.4, 0.5) is 4.39 Å².